The summed E-state index contributed by atoms with van der Waals surface area (Å²) >= 11 is 0. The van der Waals surface area contributed by atoms with Crippen molar-refractivity contribution < 1.29 is 19.5 Å². The van der Waals surface area contributed by atoms with Crippen molar-refractivity contribution in [1.29, 1.82) is 0 Å². The van der Waals surface area contributed by atoms with Gasteiger partial charge in [-0.2, -0.15) is 0 Å². The fourth-order valence-electron chi connectivity index (χ4n) is 2.39. The number of nitrogens with zero attached hydrogens (tertiary/aromatic N) is 2. The van der Waals surface area contributed by atoms with Gasteiger partial charge in [0.15, 0.2) is 0 Å². The van der Waals surface area contributed by atoms with Crippen molar-refractivity contribution in [3.63, 3.8) is 0 Å². The molecule has 1 saturated heterocycles. The smallest absolute Gasteiger partial charge is 0.320 e. The molecule has 7 heteroatoms. The zero-order valence-electron chi connectivity index (χ0n) is 12.0. The van der Waals surface area contributed by atoms with Gasteiger partial charge in [0.25, 0.3) is 0 Å². The maximum absolute atomic E-state index is 12.5. The van der Waals surface area contributed by atoms with Crippen LogP contribution in [0.3, 0.4) is 0 Å². The summed E-state index contributed by atoms with van der Waals surface area (Å²) in [5, 5.41) is 8.93. The zero-order chi connectivity index (χ0) is 15.3. The van der Waals surface area contributed by atoms with E-state index < -0.39 is 23.8 Å². The lowest BCUT2D eigenvalue weighted by atomic mass is 10.0. The van der Waals surface area contributed by atoms with Crippen LogP contribution in [-0.2, 0) is 9.59 Å². The number of amides is 3. The molecule has 1 aliphatic heterocycles. The van der Waals surface area contributed by atoms with Gasteiger partial charge in [-0.1, -0.05) is 6.92 Å². The Hall–Kier alpha value is -1.79. The van der Waals surface area contributed by atoms with E-state index in [0.717, 1.165) is 12.8 Å². The molecule has 7 nitrogen and oxygen atoms in total. The number of hydrogen-bond acceptors (Lipinski definition) is 3. The van der Waals surface area contributed by atoms with Crippen LogP contribution < -0.4 is 5.73 Å². The van der Waals surface area contributed by atoms with E-state index >= 15 is 0 Å². The van der Waals surface area contributed by atoms with E-state index in [0.29, 0.717) is 19.5 Å². The summed E-state index contributed by atoms with van der Waals surface area (Å²) in [5.74, 6) is -2.09. The number of carbonyl (C=O) groups excluding carboxylic acids is 2. The van der Waals surface area contributed by atoms with Gasteiger partial charge in [0.05, 0.1) is 5.92 Å². The molecule has 0 radical (unpaired) electrons. The second-order valence-electron chi connectivity index (χ2n) is 5.17. The summed E-state index contributed by atoms with van der Waals surface area (Å²) in [6.07, 6.45) is 2.28. The van der Waals surface area contributed by atoms with E-state index in [2.05, 4.69) is 0 Å². The lowest BCUT2D eigenvalue weighted by Crippen LogP contribution is -2.55. The third-order valence-electron chi connectivity index (χ3n) is 3.64. The summed E-state index contributed by atoms with van der Waals surface area (Å²) in [4.78, 5) is 37.7. The van der Waals surface area contributed by atoms with Crippen molar-refractivity contribution in [3.8, 4) is 0 Å². The Morgan fingerprint density at radius 2 is 2.05 bits per heavy atom. The van der Waals surface area contributed by atoms with Crippen molar-refractivity contribution >= 4 is 17.9 Å². The lowest BCUT2D eigenvalue weighted by Gasteiger charge is -2.37. The first-order valence-electron chi connectivity index (χ1n) is 6.96. The second-order valence-corrected chi connectivity index (χ2v) is 5.17. The molecule has 0 aliphatic carbocycles. The monoisotopic (exact) mass is 285 g/mol. The Bertz CT molecular complexity index is 386. The van der Waals surface area contributed by atoms with Gasteiger partial charge in [-0.3, -0.25) is 9.59 Å². The Morgan fingerprint density at radius 3 is 2.55 bits per heavy atom. The molecule has 1 fully saturated rings. The van der Waals surface area contributed by atoms with Crippen molar-refractivity contribution in [2.45, 2.75) is 39.2 Å². The first-order chi connectivity index (χ1) is 9.38. The van der Waals surface area contributed by atoms with Gasteiger partial charge in [0, 0.05) is 19.6 Å². The average Bonchev–Trinajstić information content (AvgIpc) is 2.43. The van der Waals surface area contributed by atoms with E-state index in [-0.39, 0.29) is 12.6 Å². The van der Waals surface area contributed by atoms with Crippen LogP contribution in [0.4, 0.5) is 4.79 Å². The van der Waals surface area contributed by atoms with Gasteiger partial charge in [-0.15, -0.1) is 0 Å². The van der Waals surface area contributed by atoms with Crippen molar-refractivity contribution in [2.24, 2.45) is 11.7 Å². The minimum absolute atomic E-state index is 0.132. The predicted octanol–water partition coefficient (Wildman–Crippen LogP) is 0.489. The SMILES string of the molecule is CCN(CC(C)C(=O)O)C(=O)N1CCCCC1C(N)=O. The number of likely N-dealkylation sites (tertiary alicyclic amines) is 1. The highest BCUT2D eigenvalue weighted by atomic mass is 16.4. The van der Waals surface area contributed by atoms with Gasteiger partial charge >= 0.3 is 12.0 Å². The second kappa shape index (κ2) is 7.12. The molecule has 2 atom stereocenters. The lowest BCUT2D eigenvalue weighted by molar-refractivity contribution is -0.141. The van der Waals surface area contributed by atoms with Crippen molar-refractivity contribution in [3.05, 3.63) is 0 Å². The van der Waals surface area contributed by atoms with E-state index in [4.69, 9.17) is 10.8 Å². The number of nitrogens with two attached hydrogens (primary N) is 1. The van der Waals surface area contributed by atoms with Gasteiger partial charge in [-0.05, 0) is 26.2 Å². The Balaban J connectivity index is 2.78. The fraction of sp³-hybridized carbons (Fsp3) is 0.769. The Morgan fingerprint density at radius 1 is 1.40 bits per heavy atom. The molecule has 0 aromatic carbocycles. The van der Waals surface area contributed by atoms with Crippen LogP contribution in [0, 0.1) is 5.92 Å². The molecule has 1 rings (SSSR count). The third-order valence-corrected chi connectivity index (χ3v) is 3.64. The molecule has 0 bridgehead atoms. The van der Waals surface area contributed by atoms with E-state index in [1.807, 2.05) is 0 Å². The van der Waals surface area contributed by atoms with Gasteiger partial charge < -0.3 is 20.6 Å². The molecule has 20 heavy (non-hydrogen) atoms. The zero-order valence-corrected chi connectivity index (χ0v) is 12.0. The van der Waals surface area contributed by atoms with Crippen LogP contribution in [0.1, 0.15) is 33.1 Å². The number of carboxylic acid groups (broad SMARTS) is 1. The number of hydrogen-bond donors (Lipinski definition) is 2. The van der Waals surface area contributed by atoms with Crippen molar-refractivity contribution in [1.82, 2.24) is 9.80 Å². The van der Waals surface area contributed by atoms with Crippen LogP contribution in [0.5, 0.6) is 0 Å². The first kappa shape index (κ1) is 16.3. The van der Waals surface area contributed by atoms with Crippen LogP contribution >= 0.6 is 0 Å². The van der Waals surface area contributed by atoms with Gasteiger partial charge in [0.2, 0.25) is 5.91 Å². The molecule has 0 spiro atoms. The molecule has 2 unspecified atom stereocenters. The highest BCUT2D eigenvalue weighted by Gasteiger charge is 2.33. The number of carbonyl (C=O) groups is 3. The minimum atomic E-state index is -0.943. The average molecular weight is 285 g/mol. The Kier molecular flexibility index (Phi) is 5.79. The topological polar surface area (TPSA) is 104 Å². The minimum Gasteiger partial charge on any atom is -0.481 e. The van der Waals surface area contributed by atoms with Gasteiger partial charge in [-0.25, -0.2) is 4.79 Å². The van der Waals surface area contributed by atoms with Crippen LogP contribution in [0.25, 0.3) is 0 Å². The van der Waals surface area contributed by atoms with Gasteiger partial charge in [0.1, 0.15) is 6.04 Å². The van der Waals surface area contributed by atoms with Crippen molar-refractivity contribution in [2.75, 3.05) is 19.6 Å². The van der Waals surface area contributed by atoms with Crippen LogP contribution in [0.2, 0.25) is 0 Å². The predicted molar refractivity (Wildman–Crippen MR) is 73.0 cm³/mol. The molecule has 1 aliphatic rings. The van der Waals surface area contributed by atoms with Crippen LogP contribution in [-0.4, -0.2) is 58.5 Å². The molecule has 114 valence electrons. The molecular weight excluding hydrogens is 262 g/mol. The largest absolute Gasteiger partial charge is 0.481 e. The summed E-state index contributed by atoms with van der Waals surface area (Å²) in [7, 11) is 0. The number of primary amides is 1. The molecule has 0 aromatic rings. The molecular formula is C13H23N3O4. The maximum Gasteiger partial charge on any atom is 0.320 e. The molecule has 0 saturated carbocycles. The third kappa shape index (κ3) is 3.85. The highest BCUT2D eigenvalue weighted by Crippen LogP contribution is 2.19. The molecule has 1 heterocycles. The quantitative estimate of drug-likeness (QED) is 0.767. The van der Waals surface area contributed by atoms with E-state index in [1.165, 1.54) is 9.80 Å². The van der Waals surface area contributed by atoms with Crippen LogP contribution in [0.15, 0.2) is 0 Å². The number of piperidine rings is 1. The summed E-state index contributed by atoms with van der Waals surface area (Å²) in [5.41, 5.74) is 5.34. The Labute approximate surface area is 118 Å². The number of carboxylic acids is 1. The molecule has 3 amide bonds. The maximum atomic E-state index is 12.5. The molecule has 0 aromatic heterocycles. The summed E-state index contributed by atoms with van der Waals surface area (Å²) in [6, 6.07) is -0.880. The highest BCUT2D eigenvalue weighted by molar-refractivity contribution is 5.86. The molecule has 3 N–H and O–H groups in total. The normalized spacial score (nSPS) is 20.3. The summed E-state index contributed by atoms with van der Waals surface area (Å²) in [6.45, 7) is 4.37. The number of rotatable bonds is 5. The number of aliphatic carboxylic acids is 1. The number of urea groups is 1. The first-order valence-corrected chi connectivity index (χ1v) is 6.96. The summed E-state index contributed by atoms with van der Waals surface area (Å²) < 4.78 is 0. The van der Waals surface area contributed by atoms with E-state index in [1.54, 1.807) is 13.8 Å². The fourth-order valence-corrected chi connectivity index (χ4v) is 2.39. The van der Waals surface area contributed by atoms with E-state index in [9.17, 15) is 14.4 Å². The standard InChI is InChI=1S/C13H23N3O4/c1-3-15(8-9(2)12(18)19)13(20)16-7-5-4-6-10(16)11(14)17/h9-10H,3-8H2,1-2H3,(H2,14,17)(H,18,19).